The molecule has 62 heavy (non-hydrogen) atoms. The highest BCUT2D eigenvalue weighted by molar-refractivity contribution is 6.93. The van der Waals surface area contributed by atoms with Crippen LogP contribution in [0.3, 0.4) is 0 Å². The highest BCUT2D eigenvalue weighted by Gasteiger charge is 2.56. The second-order valence-corrected chi connectivity index (χ2v) is 33.4. The topological polar surface area (TPSA) is 121 Å². The van der Waals surface area contributed by atoms with E-state index < -0.39 is 34.2 Å². The molecule has 0 saturated carbocycles. The number of carbonyl (C=O) groups excluding carboxylic acids is 4. The first-order valence-corrected chi connectivity index (χ1v) is 35.3. The van der Waals surface area contributed by atoms with Crippen molar-refractivity contribution in [2.75, 3.05) is 19.9 Å². The van der Waals surface area contributed by atoms with Crippen LogP contribution in [0, 0.1) is 0 Å². The summed E-state index contributed by atoms with van der Waals surface area (Å²) < 4.78 is 35.5. The largest absolute Gasteiger partial charge is 0.416 e. The smallest absolute Gasteiger partial charge is 0.317 e. The number of hydrogen-bond acceptors (Lipinski definition) is 9. The van der Waals surface area contributed by atoms with Gasteiger partial charge in [-0.2, -0.15) is 0 Å². The van der Waals surface area contributed by atoms with E-state index in [4.69, 9.17) is 21.2 Å². The normalized spacial score (nSPS) is 25.5. The lowest BCUT2D eigenvalue weighted by Gasteiger charge is -2.50. The highest BCUT2D eigenvalue weighted by Crippen LogP contribution is 2.39. The van der Waals surface area contributed by atoms with Gasteiger partial charge in [0.15, 0.2) is 0 Å². The third kappa shape index (κ3) is 21.6. The second kappa shape index (κ2) is 29.9. The third-order valence-corrected chi connectivity index (χ3v) is 31.5. The molecule has 15 heteroatoms. The molecule has 2 unspecified atom stereocenters. The van der Waals surface area contributed by atoms with Crippen molar-refractivity contribution >= 4 is 57.9 Å². The minimum Gasteiger partial charge on any atom is -0.416 e. The molecule has 356 valence electrons. The first kappa shape index (κ1) is 54.8. The molecule has 0 radical (unpaired) electrons. The molecule has 0 aromatic rings. The van der Waals surface area contributed by atoms with Crippen LogP contribution in [0.4, 0.5) is 0 Å². The molecule has 0 bridgehead atoms. The van der Waals surface area contributed by atoms with Gasteiger partial charge in [0.1, 0.15) is 6.73 Å². The van der Waals surface area contributed by atoms with E-state index in [1.165, 1.54) is 158 Å². The molecule has 1 fully saturated rings. The Hall–Kier alpha value is -1.57. The molecular weight excluding hydrogens is 849 g/mol. The van der Waals surface area contributed by atoms with Crippen LogP contribution in [0.25, 0.3) is 0 Å². The van der Waals surface area contributed by atoms with Gasteiger partial charge in [0, 0.05) is 37.5 Å². The zero-order valence-electron chi connectivity index (χ0n) is 40.2. The number of rotatable bonds is 36. The van der Waals surface area contributed by atoms with Crippen LogP contribution in [-0.4, -0.2) is 87.6 Å². The van der Waals surface area contributed by atoms with Crippen molar-refractivity contribution in [1.82, 2.24) is 9.80 Å². The van der Waals surface area contributed by atoms with Crippen LogP contribution in [0.15, 0.2) is 24.3 Å². The number of imide groups is 2. The summed E-state index contributed by atoms with van der Waals surface area (Å²) >= 11 is 0. The quantitative estimate of drug-likeness (QED) is 0.0343. The maximum absolute atomic E-state index is 12.4. The van der Waals surface area contributed by atoms with Gasteiger partial charge in [-0.05, 0) is 63.2 Å². The summed E-state index contributed by atoms with van der Waals surface area (Å²) in [5.41, 5.74) is 0. The Balaban J connectivity index is 1.67. The van der Waals surface area contributed by atoms with Crippen molar-refractivity contribution in [3.63, 3.8) is 0 Å². The zero-order valence-corrected chi connectivity index (χ0v) is 44.2. The maximum atomic E-state index is 12.4. The summed E-state index contributed by atoms with van der Waals surface area (Å²) in [4.78, 5) is 51.5. The summed E-state index contributed by atoms with van der Waals surface area (Å²) in [6.07, 6.45) is 37.2. The summed E-state index contributed by atoms with van der Waals surface area (Å²) in [7, 11) is -11.5. The van der Waals surface area contributed by atoms with Crippen molar-refractivity contribution in [3.8, 4) is 0 Å². The van der Waals surface area contributed by atoms with E-state index in [1.54, 1.807) is 0 Å². The van der Waals surface area contributed by atoms with Crippen LogP contribution >= 0.6 is 0 Å². The van der Waals surface area contributed by atoms with Gasteiger partial charge in [0.05, 0.1) is 0 Å². The summed E-state index contributed by atoms with van der Waals surface area (Å²) in [6.45, 7) is 13.9. The molecule has 0 aliphatic carbocycles. The van der Waals surface area contributed by atoms with Gasteiger partial charge in [0.25, 0.3) is 23.6 Å². The van der Waals surface area contributed by atoms with Crippen LogP contribution in [0.5, 0.6) is 0 Å². The van der Waals surface area contributed by atoms with E-state index in [1.807, 2.05) is 0 Å². The summed E-state index contributed by atoms with van der Waals surface area (Å²) in [5.74, 6) is -1.21. The molecule has 0 spiro atoms. The van der Waals surface area contributed by atoms with Gasteiger partial charge < -0.3 is 21.2 Å². The van der Waals surface area contributed by atoms with Crippen molar-refractivity contribution in [2.24, 2.45) is 0 Å². The number of carbonyl (C=O) groups is 4. The molecule has 4 amide bonds. The van der Waals surface area contributed by atoms with Gasteiger partial charge in [-0.25, -0.2) is 0 Å². The van der Waals surface area contributed by atoms with E-state index in [0.29, 0.717) is 38.1 Å². The maximum Gasteiger partial charge on any atom is 0.317 e. The van der Waals surface area contributed by atoms with E-state index in [9.17, 15) is 19.2 Å². The van der Waals surface area contributed by atoms with Crippen molar-refractivity contribution in [3.05, 3.63) is 24.3 Å². The monoisotopic (exact) mass is 937 g/mol. The van der Waals surface area contributed by atoms with Crippen LogP contribution < -0.4 is 0 Å². The number of nitrogens with zero attached hydrogens (tertiary/aromatic N) is 2. The van der Waals surface area contributed by atoms with Crippen molar-refractivity contribution in [2.45, 2.75) is 231 Å². The van der Waals surface area contributed by atoms with E-state index in [0.717, 1.165) is 42.7 Å². The van der Waals surface area contributed by atoms with Gasteiger partial charge in [0.2, 0.25) is 0 Å². The molecule has 3 aliphatic heterocycles. The molecule has 3 aliphatic rings. The van der Waals surface area contributed by atoms with Crippen molar-refractivity contribution in [1.29, 1.82) is 0 Å². The van der Waals surface area contributed by atoms with Crippen molar-refractivity contribution < 1.29 is 40.4 Å². The minimum absolute atomic E-state index is 0.0671. The lowest BCUT2D eigenvalue weighted by atomic mass is 10.1. The Morgan fingerprint density at radius 2 is 0.661 bits per heavy atom. The van der Waals surface area contributed by atoms with Gasteiger partial charge in [-0.1, -0.05) is 168 Å². The molecule has 0 aromatic carbocycles. The molecule has 0 N–H and O–H groups in total. The number of ether oxygens (including phenoxy) is 1. The average Bonchev–Trinajstić information content (AvgIpc) is 3.71. The van der Waals surface area contributed by atoms with Gasteiger partial charge >= 0.3 is 34.2 Å². The second-order valence-electron chi connectivity index (χ2n) is 19.1. The molecule has 11 nitrogen and oxygen atoms in total. The lowest BCUT2D eigenvalue weighted by Crippen LogP contribution is -2.67. The predicted octanol–water partition coefficient (Wildman–Crippen LogP) is 12.4. The third-order valence-electron chi connectivity index (χ3n) is 12.6. The van der Waals surface area contributed by atoms with E-state index in [-0.39, 0.29) is 30.4 Å². The Morgan fingerprint density at radius 1 is 0.387 bits per heavy atom. The highest BCUT2D eigenvalue weighted by atomic mass is 28.5. The number of hydrogen-bond donors (Lipinski definition) is 0. The van der Waals surface area contributed by atoms with Gasteiger partial charge in [-0.15, -0.1) is 0 Å². The van der Waals surface area contributed by atoms with E-state index in [2.05, 4.69) is 40.0 Å². The standard InChI is InChI=1S/C47H88N2O9Si4/c1-7-9-11-13-15-17-19-21-23-25-27-29-39-59(3)55-61(5,41-31-37-48-44(50)33-34-45(48)51)56-60(4,40-30-28-26-24-22-20-18-16-14-12-10-8-2)58-62(6,57-59)42-32-38-54-43-49-46(52)35-36-47(49)53/h33-36H,7-32,37-43H2,1-6H3. The number of unbranched alkanes of at least 4 members (excludes halogenated alkanes) is 22. The fourth-order valence-electron chi connectivity index (χ4n) is 9.31. The zero-order chi connectivity index (χ0) is 45.2. The SMILES string of the molecule is CCCCCCCCCCCCCC[Si]1(C)O[Si](C)(CCCOCN2C(=O)C=CC2=O)O[Si](C)(CCCCCCCCCCCCCC)O[Si](C)(CCCN2C(=O)C=CC2=O)O1. The molecule has 3 heterocycles. The molecular formula is C47H88N2O9Si4. The minimum atomic E-state index is -2.92. The fraction of sp³-hybridized carbons (Fsp3) is 0.830. The lowest BCUT2D eigenvalue weighted by molar-refractivity contribution is -0.143. The fourth-order valence-corrected chi connectivity index (χ4v) is 32.7. The van der Waals surface area contributed by atoms with Crippen LogP contribution in [0.2, 0.25) is 50.4 Å². The Kier molecular flexibility index (Phi) is 26.4. The Labute approximate surface area is 381 Å². The number of amides is 4. The van der Waals surface area contributed by atoms with Crippen LogP contribution in [0.1, 0.15) is 181 Å². The molecule has 1 saturated heterocycles. The summed E-state index contributed by atoms with van der Waals surface area (Å²) in [6, 6.07) is 3.05. The Bertz CT molecular complexity index is 1320. The summed E-state index contributed by atoms with van der Waals surface area (Å²) in [5, 5.41) is 0. The molecule has 3 rings (SSSR count). The molecule has 2 atom stereocenters. The first-order valence-electron chi connectivity index (χ1n) is 25.2. The predicted molar refractivity (Wildman–Crippen MR) is 259 cm³/mol. The average molecular weight is 938 g/mol. The van der Waals surface area contributed by atoms with Crippen LogP contribution in [-0.2, 0) is 40.4 Å². The Morgan fingerprint density at radius 3 is 1.00 bits per heavy atom. The first-order chi connectivity index (χ1) is 29.7. The molecule has 0 aromatic heterocycles. The van der Waals surface area contributed by atoms with E-state index >= 15 is 0 Å². The van der Waals surface area contributed by atoms with Gasteiger partial charge in [-0.3, -0.25) is 29.0 Å².